The van der Waals surface area contributed by atoms with Crippen LogP contribution in [0.3, 0.4) is 0 Å². The molecule has 10 heteroatoms. The molecule has 0 heterocycles. The zero-order valence-corrected chi connectivity index (χ0v) is 22.3. The molecule has 0 fully saturated rings. The molecule has 0 aliphatic rings. The number of rotatable bonds is 13. The molecule has 2 rings (SSSR count). The summed E-state index contributed by atoms with van der Waals surface area (Å²) >= 11 is 0. The maximum Gasteiger partial charge on any atom is 0.242 e. The number of ether oxygens (including phenoxy) is 1. The first-order valence-electron chi connectivity index (χ1n) is 12.0. The number of benzene rings is 2. The molecule has 0 radical (unpaired) electrons. The average molecular weight is 522 g/mol. The van der Waals surface area contributed by atoms with Crippen LogP contribution in [0.5, 0.6) is 5.75 Å². The van der Waals surface area contributed by atoms with E-state index in [4.69, 9.17) is 4.74 Å². The van der Waals surface area contributed by atoms with Crippen LogP contribution in [-0.2, 0) is 26.2 Å². The highest BCUT2D eigenvalue weighted by Gasteiger charge is 2.27. The lowest BCUT2D eigenvalue weighted by molar-refractivity contribution is -0.140. The first kappa shape index (κ1) is 29.1. The maximum absolute atomic E-state index is 13.4. The van der Waals surface area contributed by atoms with E-state index in [1.54, 1.807) is 43.3 Å². The normalized spacial score (nSPS) is 12.2. The summed E-state index contributed by atoms with van der Waals surface area (Å²) in [7, 11) is -3.64. The molecule has 0 aliphatic heterocycles. The first-order chi connectivity index (χ1) is 16.9. The summed E-state index contributed by atoms with van der Waals surface area (Å²) in [5.74, 6) is -0.565. The third-order valence-corrected chi connectivity index (χ3v) is 6.63. The van der Waals surface area contributed by atoms with Crippen LogP contribution in [-0.4, -0.2) is 56.6 Å². The van der Waals surface area contributed by atoms with E-state index >= 15 is 0 Å². The lowest BCUT2D eigenvalue weighted by Crippen LogP contribution is -2.49. The van der Waals surface area contributed by atoms with E-state index in [9.17, 15) is 22.4 Å². The van der Waals surface area contributed by atoms with Gasteiger partial charge in [0.1, 0.15) is 17.6 Å². The topological polar surface area (TPSA) is 96.0 Å². The molecule has 0 aliphatic carbocycles. The Morgan fingerprint density at radius 2 is 1.69 bits per heavy atom. The van der Waals surface area contributed by atoms with Crippen molar-refractivity contribution in [2.45, 2.75) is 59.2 Å². The van der Waals surface area contributed by atoms with Gasteiger partial charge in [0.25, 0.3) is 0 Å². The van der Waals surface area contributed by atoms with E-state index in [1.165, 1.54) is 21.3 Å². The van der Waals surface area contributed by atoms with E-state index in [0.29, 0.717) is 23.6 Å². The van der Waals surface area contributed by atoms with Gasteiger partial charge in [0, 0.05) is 25.6 Å². The van der Waals surface area contributed by atoms with E-state index in [2.05, 4.69) is 5.32 Å². The monoisotopic (exact) mass is 521 g/mol. The van der Waals surface area contributed by atoms with Gasteiger partial charge in [0.2, 0.25) is 21.8 Å². The second-order valence-electron chi connectivity index (χ2n) is 8.83. The van der Waals surface area contributed by atoms with Crippen molar-refractivity contribution < 1.29 is 27.1 Å². The van der Waals surface area contributed by atoms with Crippen molar-refractivity contribution >= 4 is 27.5 Å². The number of carbonyl (C=O) groups excluding carboxylic acids is 2. The minimum atomic E-state index is -3.64. The lowest BCUT2D eigenvalue weighted by Gasteiger charge is -2.30. The van der Waals surface area contributed by atoms with E-state index in [-0.39, 0.29) is 43.8 Å². The van der Waals surface area contributed by atoms with Crippen molar-refractivity contribution in [3.05, 3.63) is 59.9 Å². The van der Waals surface area contributed by atoms with Crippen molar-refractivity contribution in [3.8, 4) is 5.75 Å². The predicted molar refractivity (Wildman–Crippen MR) is 139 cm³/mol. The number of nitrogens with one attached hydrogen (secondary N) is 1. The molecule has 2 amide bonds. The van der Waals surface area contributed by atoms with Crippen molar-refractivity contribution in [2.75, 3.05) is 23.7 Å². The molecular weight excluding hydrogens is 485 g/mol. The van der Waals surface area contributed by atoms with Crippen molar-refractivity contribution in [2.24, 2.45) is 0 Å². The Morgan fingerprint density at radius 1 is 1.06 bits per heavy atom. The van der Waals surface area contributed by atoms with Gasteiger partial charge in [-0.1, -0.05) is 24.3 Å². The minimum absolute atomic E-state index is 0.0172. The zero-order chi connectivity index (χ0) is 26.9. The standard InChI is InChI=1S/C26H36FN3O5S/c1-6-35-24-11-8-7-10-23(24)30(36(5,33)34)17-9-12-25(31)29(20(4)26(32)28-19(2)3)18-21-13-15-22(27)16-14-21/h7-8,10-11,13-16,19-20H,6,9,12,17-18H2,1-5H3,(H,28,32)/t20-/m0/s1. The molecule has 36 heavy (non-hydrogen) atoms. The number of halogens is 1. The van der Waals surface area contributed by atoms with Gasteiger partial charge in [0.05, 0.1) is 18.6 Å². The Labute approximate surface area is 213 Å². The molecular formula is C26H36FN3O5S. The number of anilines is 1. The van der Waals surface area contributed by atoms with Crippen LogP contribution >= 0.6 is 0 Å². The van der Waals surface area contributed by atoms with Gasteiger partial charge in [0.15, 0.2) is 0 Å². The Balaban J connectivity index is 2.20. The molecule has 0 saturated heterocycles. The van der Waals surface area contributed by atoms with Gasteiger partial charge in [-0.25, -0.2) is 12.8 Å². The average Bonchev–Trinajstić information content (AvgIpc) is 2.80. The van der Waals surface area contributed by atoms with Crippen LogP contribution in [0.15, 0.2) is 48.5 Å². The highest BCUT2D eigenvalue weighted by atomic mass is 32.2. The minimum Gasteiger partial charge on any atom is -0.492 e. The van der Waals surface area contributed by atoms with Crippen LogP contribution in [0, 0.1) is 5.82 Å². The predicted octanol–water partition coefficient (Wildman–Crippen LogP) is 3.71. The molecule has 0 saturated carbocycles. The van der Waals surface area contributed by atoms with Gasteiger partial charge in [-0.2, -0.15) is 0 Å². The van der Waals surface area contributed by atoms with Gasteiger partial charge in [-0.15, -0.1) is 0 Å². The third-order valence-electron chi connectivity index (χ3n) is 5.45. The molecule has 1 atom stereocenters. The highest BCUT2D eigenvalue weighted by molar-refractivity contribution is 7.92. The number of amides is 2. The molecule has 2 aromatic carbocycles. The first-order valence-corrected chi connectivity index (χ1v) is 13.8. The largest absolute Gasteiger partial charge is 0.492 e. The van der Waals surface area contributed by atoms with Crippen molar-refractivity contribution in [3.63, 3.8) is 0 Å². The fraction of sp³-hybridized carbons (Fsp3) is 0.462. The lowest BCUT2D eigenvalue weighted by atomic mass is 10.1. The van der Waals surface area contributed by atoms with Crippen LogP contribution in [0.4, 0.5) is 10.1 Å². The Bertz CT molecular complexity index is 1120. The Morgan fingerprint density at radius 3 is 2.28 bits per heavy atom. The SMILES string of the molecule is CCOc1ccccc1N(CCCC(=O)N(Cc1ccc(F)cc1)[C@@H](C)C(=O)NC(C)C)S(C)(=O)=O. The number of nitrogens with zero attached hydrogens (tertiary/aromatic N) is 2. The highest BCUT2D eigenvalue weighted by Crippen LogP contribution is 2.30. The summed E-state index contributed by atoms with van der Waals surface area (Å²) in [6.07, 6.45) is 1.35. The molecule has 0 bridgehead atoms. The number of carbonyl (C=O) groups is 2. The van der Waals surface area contributed by atoms with Crippen LogP contribution < -0.4 is 14.4 Å². The van der Waals surface area contributed by atoms with E-state index in [0.717, 1.165) is 6.26 Å². The summed E-state index contributed by atoms with van der Waals surface area (Å²) in [5.41, 5.74) is 1.08. The number of hydrogen-bond donors (Lipinski definition) is 1. The summed E-state index contributed by atoms with van der Waals surface area (Å²) in [5, 5.41) is 2.81. The molecule has 0 unspecified atom stereocenters. The second-order valence-corrected chi connectivity index (χ2v) is 10.7. The summed E-state index contributed by atoms with van der Waals surface area (Å²) < 4.78 is 45.3. The number of sulfonamides is 1. The fourth-order valence-corrected chi connectivity index (χ4v) is 4.67. The molecule has 1 N–H and O–H groups in total. The maximum atomic E-state index is 13.4. The smallest absolute Gasteiger partial charge is 0.242 e. The molecule has 0 spiro atoms. The van der Waals surface area contributed by atoms with Gasteiger partial charge in [-0.05, 0) is 63.9 Å². The number of hydrogen-bond acceptors (Lipinski definition) is 5. The summed E-state index contributed by atoms with van der Waals surface area (Å²) in [4.78, 5) is 27.4. The van der Waals surface area contributed by atoms with E-state index < -0.39 is 21.9 Å². The van der Waals surface area contributed by atoms with Crippen LogP contribution in [0.2, 0.25) is 0 Å². The molecule has 0 aromatic heterocycles. The van der Waals surface area contributed by atoms with E-state index in [1.807, 2.05) is 20.8 Å². The number of para-hydroxylation sites is 2. The molecule has 8 nitrogen and oxygen atoms in total. The summed E-state index contributed by atoms with van der Waals surface area (Å²) in [6, 6.07) is 11.7. The zero-order valence-electron chi connectivity index (χ0n) is 21.5. The van der Waals surface area contributed by atoms with Gasteiger partial charge < -0.3 is 15.0 Å². The quantitative estimate of drug-likeness (QED) is 0.434. The summed E-state index contributed by atoms with van der Waals surface area (Å²) in [6.45, 7) is 7.67. The van der Waals surface area contributed by atoms with Gasteiger partial charge in [-0.3, -0.25) is 13.9 Å². The van der Waals surface area contributed by atoms with Crippen molar-refractivity contribution in [1.82, 2.24) is 10.2 Å². The molecule has 2 aromatic rings. The Hall–Kier alpha value is -3.14. The third kappa shape index (κ3) is 8.51. The van der Waals surface area contributed by atoms with Crippen molar-refractivity contribution in [1.29, 1.82) is 0 Å². The van der Waals surface area contributed by atoms with Gasteiger partial charge >= 0.3 is 0 Å². The molecule has 198 valence electrons. The van der Waals surface area contributed by atoms with Crippen LogP contribution in [0.25, 0.3) is 0 Å². The Kier molecular flexibility index (Phi) is 10.7. The van der Waals surface area contributed by atoms with Crippen LogP contribution in [0.1, 0.15) is 46.1 Å². The fourth-order valence-electron chi connectivity index (χ4n) is 3.70. The second kappa shape index (κ2) is 13.2.